The van der Waals surface area contributed by atoms with E-state index in [1.165, 1.54) is 30.3 Å². The Kier molecular flexibility index (Phi) is 14.5. The minimum atomic E-state index is -1.51. The maximum atomic E-state index is 13.6. The number of carbonyl (C=O) groups is 2. The standard InChI is InChI=1S/C31H32FN5O2.C6H6BFO2.C6H7BO2/c32-25-8-4-7-23(17-25)21-12-15-37(16-13-21)29(38)20-36-14-11-24(19-36)31(39)33-26-9-10-28-27(18-26)30(35-34-28)22-5-2-1-3-6-22;8-6-3-1-5(2-4-6)7(9)10;8-7(9)6-4-2-1-3-5-6/h1-10,17-18,21,24H,11-16,19-20H2,(H,33,39)(H,34,35);1-4,9-10H;1-5,8-9H/t24-;;/m1../s1. The predicted molar refractivity (Wildman–Crippen MR) is 222 cm³/mol. The zero-order valence-corrected chi connectivity index (χ0v) is 31.8. The summed E-state index contributed by atoms with van der Waals surface area (Å²) in [5, 5.41) is 45.8. The van der Waals surface area contributed by atoms with Gasteiger partial charge in [-0.3, -0.25) is 19.6 Å². The highest BCUT2D eigenvalue weighted by Gasteiger charge is 2.31. The van der Waals surface area contributed by atoms with Crippen LogP contribution in [-0.4, -0.2) is 98.9 Å². The topological polar surface area (TPSA) is 162 Å². The summed E-state index contributed by atoms with van der Waals surface area (Å²) in [5.74, 6) is -0.389. The molecule has 0 spiro atoms. The van der Waals surface area contributed by atoms with Crippen molar-refractivity contribution in [3.8, 4) is 11.3 Å². The number of nitrogens with zero attached hydrogens (tertiary/aromatic N) is 3. The molecule has 2 amide bonds. The second-order valence-electron chi connectivity index (χ2n) is 14.3. The van der Waals surface area contributed by atoms with Gasteiger partial charge in [0.05, 0.1) is 23.7 Å². The van der Waals surface area contributed by atoms with Crippen LogP contribution in [-0.2, 0) is 9.59 Å². The van der Waals surface area contributed by atoms with Gasteiger partial charge < -0.3 is 30.3 Å². The van der Waals surface area contributed by atoms with Crippen LogP contribution in [0.4, 0.5) is 14.5 Å². The molecule has 8 rings (SSSR count). The number of rotatable bonds is 8. The number of likely N-dealkylation sites (tertiary alicyclic amines) is 2. The van der Waals surface area contributed by atoms with E-state index in [2.05, 4.69) is 20.4 Å². The van der Waals surface area contributed by atoms with Gasteiger partial charge in [0.15, 0.2) is 0 Å². The third kappa shape index (κ3) is 11.5. The van der Waals surface area contributed by atoms with Gasteiger partial charge >= 0.3 is 14.2 Å². The molecule has 0 saturated carbocycles. The summed E-state index contributed by atoms with van der Waals surface area (Å²) >= 11 is 0. The molecule has 5 aromatic carbocycles. The number of anilines is 1. The van der Waals surface area contributed by atoms with Crippen LogP contribution in [0.15, 0.2) is 127 Å². The van der Waals surface area contributed by atoms with Crippen molar-refractivity contribution >= 4 is 53.6 Å². The predicted octanol–water partition coefficient (Wildman–Crippen LogP) is 3.91. The molecule has 6 N–H and O–H groups in total. The van der Waals surface area contributed by atoms with E-state index in [1.54, 1.807) is 36.4 Å². The highest BCUT2D eigenvalue weighted by molar-refractivity contribution is 6.58. The molecule has 2 aliphatic heterocycles. The van der Waals surface area contributed by atoms with Crippen LogP contribution in [0.1, 0.15) is 30.7 Å². The number of H-pyrrole nitrogens is 1. The smallest absolute Gasteiger partial charge is 0.423 e. The molecule has 0 radical (unpaired) electrons. The quantitative estimate of drug-likeness (QED) is 0.127. The molecule has 298 valence electrons. The molecule has 2 fully saturated rings. The average Bonchev–Trinajstić information content (AvgIpc) is 3.90. The van der Waals surface area contributed by atoms with Gasteiger partial charge in [0.2, 0.25) is 11.8 Å². The SMILES string of the molecule is O=C(Nc1ccc2[nH]nc(-c3ccccc3)c2c1)[C@@H]1CCN(CC(=O)N2CCC(c3cccc(F)c3)CC2)C1.OB(O)c1ccc(F)cc1.OB(O)c1ccccc1. The molecular weight excluding hydrogens is 742 g/mol. The Morgan fingerprint density at radius 2 is 1.38 bits per heavy atom. The lowest BCUT2D eigenvalue weighted by Gasteiger charge is -2.33. The summed E-state index contributed by atoms with van der Waals surface area (Å²) in [6.45, 7) is 2.98. The Morgan fingerprint density at radius 3 is 2.02 bits per heavy atom. The van der Waals surface area contributed by atoms with Crippen molar-refractivity contribution in [2.75, 3.05) is 38.0 Å². The van der Waals surface area contributed by atoms with Gasteiger partial charge in [-0.15, -0.1) is 0 Å². The van der Waals surface area contributed by atoms with Gasteiger partial charge in [0.1, 0.15) is 11.6 Å². The van der Waals surface area contributed by atoms with Gasteiger partial charge in [-0.25, -0.2) is 8.78 Å². The summed E-state index contributed by atoms with van der Waals surface area (Å²) in [5.41, 5.74) is 5.35. The summed E-state index contributed by atoms with van der Waals surface area (Å²) in [6, 6.07) is 36.2. The lowest BCUT2D eigenvalue weighted by atomic mass is 9.80. The van der Waals surface area contributed by atoms with Gasteiger partial charge in [-0.05, 0) is 90.7 Å². The van der Waals surface area contributed by atoms with Crippen LogP contribution in [0.2, 0.25) is 0 Å². The van der Waals surface area contributed by atoms with E-state index in [0.29, 0.717) is 37.1 Å². The van der Waals surface area contributed by atoms with Crippen LogP contribution in [0.5, 0.6) is 0 Å². The number of nitrogens with one attached hydrogen (secondary N) is 2. The summed E-state index contributed by atoms with van der Waals surface area (Å²) < 4.78 is 25.8. The van der Waals surface area contributed by atoms with E-state index in [4.69, 9.17) is 20.1 Å². The molecule has 2 aliphatic rings. The number of aromatic nitrogens is 2. The van der Waals surface area contributed by atoms with E-state index >= 15 is 0 Å². The highest BCUT2D eigenvalue weighted by Crippen LogP contribution is 2.30. The first-order valence-corrected chi connectivity index (χ1v) is 19.2. The molecule has 1 aromatic heterocycles. The van der Waals surface area contributed by atoms with Crippen molar-refractivity contribution in [2.45, 2.75) is 25.2 Å². The maximum absolute atomic E-state index is 13.6. The lowest BCUT2D eigenvalue weighted by molar-refractivity contribution is -0.133. The number of hydrogen-bond donors (Lipinski definition) is 6. The Bertz CT molecular complexity index is 2240. The lowest BCUT2D eigenvalue weighted by Crippen LogP contribution is -2.43. The minimum absolute atomic E-state index is 0.0232. The van der Waals surface area contributed by atoms with Crippen molar-refractivity contribution in [3.05, 3.63) is 145 Å². The number of halogens is 2. The van der Waals surface area contributed by atoms with Crippen molar-refractivity contribution in [2.24, 2.45) is 5.92 Å². The Hall–Kier alpha value is -5.70. The normalized spacial score (nSPS) is 15.5. The fraction of sp³-hybridized carbons (Fsp3) is 0.233. The van der Waals surface area contributed by atoms with Crippen LogP contribution in [0.3, 0.4) is 0 Å². The molecule has 1 atom stereocenters. The average molecular weight is 787 g/mol. The van der Waals surface area contributed by atoms with Gasteiger partial charge in [0, 0.05) is 36.3 Å². The van der Waals surface area contributed by atoms with Crippen molar-refractivity contribution in [3.63, 3.8) is 0 Å². The van der Waals surface area contributed by atoms with Crippen molar-refractivity contribution in [1.29, 1.82) is 0 Å². The van der Waals surface area contributed by atoms with Gasteiger partial charge in [-0.2, -0.15) is 5.10 Å². The molecule has 0 bridgehead atoms. The summed E-state index contributed by atoms with van der Waals surface area (Å²) in [7, 11) is -2.85. The molecule has 58 heavy (non-hydrogen) atoms. The molecule has 6 aromatic rings. The monoisotopic (exact) mass is 787 g/mol. The second-order valence-corrected chi connectivity index (χ2v) is 14.3. The second kappa shape index (κ2) is 20.1. The van der Waals surface area contributed by atoms with E-state index in [0.717, 1.165) is 59.2 Å². The Morgan fingerprint density at radius 1 is 0.724 bits per heavy atom. The zero-order chi connectivity index (χ0) is 41.0. The third-order valence-electron chi connectivity index (χ3n) is 10.3. The molecule has 11 nitrogen and oxygen atoms in total. The maximum Gasteiger partial charge on any atom is 0.488 e. The fourth-order valence-corrected chi connectivity index (χ4v) is 7.12. The largest absolute Gasteiger partial charge is 0.488 e. The zero-order valence-electron chi connectivity index (χ0n) is 31.8. The first-order valence-electron chi connectivity index (χ1n) is 19.2. The number of carbonyl (C=O) groups excluding carboxylic acids is 2. The molecule has 3 heterocycles. The number of benzene rings is 5. The van der Waals surface area contributed by atoms with Crippen LogP contribution < -0.4 is 16.2 Å². The number of fused-ring (bicyclic) bond motifs is 1. The number of hydrogen-bond acceptors (Lipinski definition) is 8. The first kappa shape index (κ1) is 41.9. The van der Waals surface area contributed by atoms with Crippen LogP contribution in [0.25, 0.3) is 22.2 Å². The van der Waals surface area contributed by atoms with Crippen LogP contribution in [0, 0.1) is 17.6 Å². The minimum Gasteiger partial charge on any atom is -0.423 e. The summed E-state index contributed by atoms with van der Waals surface area (Å²) in [4.78, 5) is 30.1. The van der Waals surface area contributed by atoms with Crippen LogP contribution >= 0.6 is 0 Å². The van der Waals surface area contributed by atoms with E-state index in [9.17, 15) is 18.4 Å². The number of piperidine rings is 1. The summed E-state index contributed by atoms with van der Waals surface area (Å²) in [6.07, 6.45) is 2.41. The van der Waals surface area contributed by atoms with E-state index in [1.807, 2.05) is 65.6 Å². The number of aromatic amines is 1. The number of amides is 2. The van der Waals surface area contributed by atoms with Crippen molar-refractivity contribution in [1.82, 2.24) is 20.0 Å². The van der Waals surface area contributed by atoms with Gasteiger partial charge in [-0.1, -0.05) is 84.9 Å². The Balaban J connectivity index is 0.000000244. The fourth-order valence-electron chi connectivity index (χ4n) is 7.12. The van der Waals surface area contributed by atoms with Crippen molar-refractivity contribution < 1.29 is 38.5 Å². The molecule has 15 heteroatoms. The van der Waals surface area contributed by atoms with E-state index < -0.39 is 14.2 Å². The first-order chi connectivity index (χ1) is 28.0. The third-order valence-corrected chi connectivity index (χ3v) is 10.3. The molecule has 2 saturated heterocycles. The molecule has 0 aliphatic carbocycles. The van der Waals surface area contributed by atoms with Gasteiger partial charge in [0.25, 0.3) is 0 Å². The molecule has 0 unspecified atom stereocenters. The highest BCUT2D eigenvalue weighted by atomic mass is 19.1. The Labute approximate surface area is 336 Å². The van der Waals surface area contributed by atoms with E-state index in [-0.39, 0.29) is 35.3 Å². The molecular formula is C43H45B2F2N5O6.